The van der Waals surface area contributed by atoms with Gasteiger partial charge in [0.2, 0.25) is 5.95 Å². The Morgan fingerprint density at radius 3 is 2.95 bits per heavy atom. The molecule has 0 unspecified atom stereocenters. The average Bonchev–Trinajstić information content (AvgIpc) is 2.92. The molecule has 3 N–H and O–H groups in total. The van der Waals surface area contributed by atoms with Crippen LogP contribution in [0.25, 0.3) is 11.2 Å². The van der Waals surface area contributed by atoms with Gasteiger partial charge in [-0.1, -0.05) is 6.07 Å². The monoisotopic (exact) mass is 286 g/mol. The molecule has 0 aliphatic heterocycles. The molecule has 0 spiro atoms. The first kappa shape index (κ1) is 13.3. The molecule has 21 heavy (non-hydrogen) atoms. The van der Waals surface area contributed by atoms with Gasteiger partial charge >= 0.3 is 0 Å². The van der Waals surface area contributed by atoms with E-state index in [4.69, 9.17) is 0 Å². The van der Waals surface area contributed by atoms with Crippen molar-refractivity contribution in [2.75, 3.05) is 17.2 Å². The van der Waals surface area contributed by atoms with Gasteiger partial charge in [0.25, 0.3) is 0 Å². The van der Waals surface area contributed by atoms with Gasteiger partial charge < -0.3 is 15.6 Å². The van der Waals surface area contributed by atoms with Crippen molar-refractivity contribution in [2.24, 2.45) is 0 Å². The molecule has 7 heteroatoms. The molecule has 1 aromatic carbocycles. The van der Waals surface area contributed by atoms with Crippen LogP contribution in [0.5, 0.6) is 0 Å². The molecule has 2 heterocycles. The molecule has 0 amide bonds. The van der Waals surface area contributed by atoms with Crippen molar-refractivity contribution in [3.63, 3.8) is 0 Å². The molecule has 0 aliphatic carbocycles. The standard InChI is InChI=1S/C14H15FN6/c1-3-16-14-20-12-11(17-7-18-12)13(21-14)19-10-6-8(2)4-5-9(10)15/h4-7H,3H2,1-2H3,(H3,16,17,18,19,20,21). The Balaban J connectivity index is 2.06. The Morgan fingerprint density at radius 1 is 1.29 bits per heavy atom. The normalized spacial score (nSPS) is 10.8. The SMILES string of the molecule is CCNc1nc(Nc2cc(C)ccc2F)c2[nH]cnc2n1. The largest absolute Gasteiger partial charge is 0.354 e. The topological polar surface area (TPSA) is 78.5 Å². The zero-order valence-electron chi connectivity index (χ0n) is 11.7. The van der Waals surface area contributed by atoms with E-state index in [0.29, 0.717) is 35.2 Å². The van der Waals surface area contributed by atoms with Gasteiger partial charge in [-0.05, 0) is 31.5 Å². The van der Waals surface area contributed by atoms with Crippen LogP contribution in [0.2, 0.25) is 0 Å². The summed E-state index contributed by atoms with van der Waals surface area (Å²) >= 11 is 0. The van der Waals surface area contributed by atoms with Crippen molar-refractivity contribution in [1.29, 1.82) is 0 Å². The van der Waals surface area contributed by atoms with Gasteiger partial charge in [0.15, 0.2) is 11.5 Å². The van der Waals surface area contributed by atoms with Crippen LogP contribution < -0.4 is 10.6 Å². The lowest BCUT2D eigenvalue weighted by Gasteiger charge is -2.10. The highest BCUT2D eigenvalue weighted by Crippen LogP contribution is 2.25. The maximum Gasteiger partial charge on any atom is 0.226 e. The van der Waals surface area contributed by atoms with E-state index < -0.39 is 0 Å². The number of rotatable bonds is 4. The van der Waals surface area contributed by atoms with Gasteiger partial charge in [-0.3, -0.25) is 0 Å². The first-order chi connectivity index (χ1) is 10.2. The Bertz CT molecular complexity index is 782. The maximum absolute atomic E-state index is 13.9. The number of hydrogen-bond donors (Lipinski definition) is 3. The Kier molecular flexibility index (Phi) is 3.39. The Morgan fingerprint density at radius 2 is 2.14 bits per heavy atom. The van der Waals surface area contributed by atoms with Gasteiger partial charge in [0.05, 0.1) is 12.0 Å². The quantitative estimate of drug-likeness (QED) is 0.687. The lowest BCUT2D eigenvalue weighted by molar-refractivity contribution is 0.631. The van der Waals surface area contributed by atoms with Crippen molar-refractivity contribution < 1.29 is 4.39 Å². The fraction of sp³-hybridized carbons (Fsp3) is 0.214. The first-order valence-electron chi connectivity index (χ1n) is 6.65. The van der Waals surface area contributed by atoms with E-state index in [1.165, 1.54) is 12.4 Å². The van der Waals surface area contributed by atoms with Crippen LogP contribution in [0.4, 0.5) is 21.8 Å². The second kappa shape index (κ2) is 5.35. The van der Waals surface area contributed by atoms with Crippen molar-refractivity contribution in [3.05, 3.63) is 35.9 Å². The van der Waals surface area contributed by atoms with Crippen LogP contribution in [0.15, 0.2) is 24.5 Å². The summed E-state index contributed by atoms with van der Waals surface area (Å²) in [5.41, 5.74) is 2.49. The van der Waals surface area contributed by atoms with Gasteiger partial charge in [-0.25, -0.2) is 9.37 Å². The highest BCUT2D eigenvalue weighted by molar-refractivity contribution is 5.86. The van der Waals surface area contributed by atoms with Crippen LogP contribution in [0.3, 0.4) is 0 Å². The number of nitrogens with zero attached hydrogens (tertiary/aromatic N) is 3. The average molecular weight is 286 g/mol. The van der Waals surface area contributed by atoms with Gasteiger partial charge in [0, 0.05) is 6.54 Å². The van der Waals surface area contributed by atoms with Gasteiger partial charge in [-0.2, -0.15) is 9.97 Å². The molecule has 3 rings (SSSR count). The molecular weight excluding hydrogens is 271 g/mol. The summed E-state index contributed by atoms with van der Waals surface area (Å²) in [7, 11) is 0. The van der Waals surface area contributed by atoms with Gasteiger partial charge in [0.1, 0.15) is 11.3 Å². The molecule has 6 nitrogen and oxygen atoms in total. The fourth-order valence-corrected chi connectivity index (χ4v) is 2.02. The molecule has 2 aromatic heterocycles. The number of nitrogens with one attached hydrogen (secondary N) is 3. The predicted molar refractivity (Wildman–Crippen MR) is 80.3 cm³/mol. The number of imidazole rings is 1. The Labute approximate surface area is 120 Å². The molecule has 0 saturated carbocycles. The summed E-state index contributed by atoms with van der Waals surface area (Å²) in [4.78, 5) is 15.7. The number of halogens is 1. The minimum absolute atomic E-state index is 0.336. The molecule has 0 atom stereocenters. The molecule has 0 aliphatic rings. The molecule has 0 bridgehead atoms. The minimum atomic E-state index is -0.336. The van der Waals surface area contributed by atoms with Gasteiger partial charge in [-0.15, -0.1) is 0 Å². The first-order valence-corrected chi connectivity index (χ1v) is 6.65. The summed E-state index contributed by atoms with van der Waals surface area (Å²) in [5.74, 6) is 0.600. The zero-order chi connectivity index (χ0) is 14.8. The zero-order valence-corrected chi connectivity index (χ0v) is 11.7. The third-order valence-corrected chi connectivity index (χ3v) is 3.00. The number of aromatic amines is 1. The molecule has 0 radical (unpaired) electrons. The number of fused-ring (bicyclic) bond motifs is 1. The number of anilines is 3. The van der Waals surface area contributed by atoms with E-state index in [0.717, 1.165) is 5.56 Å². The van der Waals surface area contributed by atoms with E-state index in [1.807, 2.05) is 13.8 Å². The van der Waals surface area contributed by atoms with E-state index in [2.05, 4.69) is 30.6 Å². The second-order valence-electron chi connectivity index (χ2n) is 4.64. The van der Waals surface area contributed by atoms with E-state index in [9.17, 15) is 4.39 Å². The predicted octanol–water partition coefficient (Wildman–Crippen LogP) is 2.98. The highest BCUT2D eigenvalue weighted by Gasteiger charge is 2.11. The van der Waals surface area contributed by atoms with Crippen molar-refractivity contribution >= 4 is 28.6 Å². The third-order valence-electron chi connectivity index (χ3n) is 3.00. The van der Waals surface area contributed by atoms with Crippen LogP contribution in [0.1, 0.15) is 12.5 Å². The number of aryl methyl sites for hydroxylation is 1. The summed E-state index contributed by atoms with van der Waals surface area (Å²) < 4.78 is 13.9. The van der Waals surface area contributed by atoms with Crippen molar-refractivity contribution in [2.45, 2.75) is 13.8 Å². The van der Waals surface area contributed by atoms with E-state index >= 15 is 0 Å². The smallest absolute Gasteiger partial charge is 0.226 e. The van der Waals surface area contributed by atoms with Crippen molar-refractivity contribution in [1.82, 2.24) is 19.9 Å². The van der Waals surface area contributed by atoms with Crippen LogP contribution in [-0.2, 0) is 0 Å². The summed E-state index contributed by atoms with van der Waals surface area (Å²) in [6.45, 7) is 4.54. The van der Waals surface area contributed by atoms with Crippen molar-refractivity contribution in [3.8, 4) is 0 Å². The summed E-state index contributed by atoms with van der Waals surface area (Å²) in [6.07, 6.45) is 1.53. The number of benzene rings is 1. The van der Waals surface area contributed by atoms with Crippen LogP contribution in [-0.4, -0.2) is 26.5 Å². The van der Waals surface area contributed by atoms with Crippen LogP contribution in [0, 0.1) is 12.7 Å². The molecule has 3 aromatic rings. The highest BCUT2D eigenvalue weighted by atomic mass is 19.1. The number of H-pyrrole nitrogens is 1. The van der Waals surface area contributed by atoms with Crippen LogP contribution >= 0.6 is 0 Å². The second-order valence-corrected chi connectivity index (χ2v) is 4.64. The maximum atomic E-state index is 13.9. The number of hydrogen-bond acceptors (Lipinski definition) is 5. The fourth-order valence-electron chi connectivity index (χ4n) is 2.02. The molecule has 108 valence electrons. The summed E-state index contributed by atoms with van der Waals surface area (Å²) in [5, 5.41) is 6.04. The molecule has 0 fully saturated rings. The lowest BCUT2D eigenvalue weighted by Crippen LogP contribution is -2.05. The molecule has 0 saturated heterocycles. The van der Waals surface area contributed by atoms with E-state index in [1.54, 1.807) is 12.1 Å². The molecular formula is C14H15FN6. The lowest BCUT2D eigenvalue weighted by atomic mass is 10.2. The number of aromatic nitrogens is 4. The third kappa shape index (κ3) is 2.62. The summed E-state index contributed by atoms with van der Waals surface area (Å²) in [6, 6.07) is 4.87. The van der Waals surface area contributed by atoms with E-state index in [-0.39, 0.29) is 5.82 Å². The minimum Gasteiger partial charge on any atom is -0.354 e. The Hall–Kier alpha value is -2.70.